The van der Waals surface area contributed by atoms with Gasteiger partial charge in [0.2, 0.25) is 0 Å². The molecule has 132 valence electrons. The summed E-state index contributed by atoms with van der Waals surface area (Å²) in [6, 6.07) is 6.06. The van der Waals surface area contributed by atoms with Crippen LogP contribution in [-0.2, 0) is 6.54 Å². The van der Waals surface area contributed by atoms with Gasteiger partial charge in [-0.2, -0.15) is 0 Å². The molecule has 0 saturated heterocycles. The first-order valence-corrected chi connectivity index (χ1v) is 9.02. The van der Waals surface area contributed by atoms with Crippen molar-refractivity contribution in [3.05, 3.63) is 35.5 Å². The molecule has 1 aliphatic carbocycles. The zero-order valence-corrected chi connectivity index (χ0v) is 15.3. The first-order chi connectivity index (χ1) is 11.7. The number of guanidine groups is 1. The lowest BCUT2D eigenvalue weighted by atomic mass is 9.97. The van der Waals surface area contributed by atoms with Crippen LogP contribution in [-0.4, -0.2) is 38.1 Å². The van der Waals surface area contributed by atoms with Crippen molar-refractivity contribution >= 4 is 11.8 Å². The predicted molar refractivity (Wildman–Crippen MR) is 103 cm³/mol. The monoisotopic (exact) mass is 329 g/mol. The number of nitrogens with zero attached hydrogens (tertiary/aromatic N) is 3. The number of nitrogens with one attached hydrogen (secondary N) is 2. The van der Waals surface area contributed by atoms with E-state index in [0.717, 1.165) is 37.0 Å². The van der Waals surface area contributed by atoms with Gasteiger partial charge in [-0.3, -0.25) is 0 Å². The number of pyridine rings is 1. The molecule has 5 heteroatoms. The Labute approximate surface area is 146 Å². The average molecular weight is 329 g/mol. The van der Waals surface area contributed by atoms with E-state index in [1.165, 1.54) is 25.7 Å². The molecule has 5 nitrogen and oxygen atoms in total. The van der Waals surface area contributed by atoms with E-state index in [0.29, 0.717) is 6.54 Å². The van der Waals surface area contributed by atoms with E-state index in [-0.39, 0.29) is 0 Å². The molecule has 0 saturated carbocycles. The second kappa shape index (κ2) is 9.96. The molecule has 0 radical (unpaired) electrons. The lowest BCUT2D eigenvalue weighted by Gasteiger charge is -2.15. The Kier molecular flexibility index (Phi) is 7.59. The Morgan fingerprint density at radius 1 is 1.25 bits per heavy atom. The van der Waals surface area contributed by atoms with Crippen molar-refractivity contribution in [3.63, 3.8) is 0 Å². The number of rotatable bonds is 7. The van der Waals surface area contributed by atoms with Gasteiger partial charge >= 0.3 is 0 Å². The van der Waals surface area contributed by atoms with Gasteiger partial charge in [0.1, 0.15) is 5.82 Å². The third-order valence-corrected chi connectivity index (χ3v) is 4.12. The number of anilines is 1. The first-order valence-electron chi connectivity index (χ1n) is 9.02. The summed E-state index contributed by atoms with van der Waals surface area (Å²) >= 11 is 0. The standard InChI is InChI=1S/C19H31N5/c1-4-20-19(21-14-13-16-9-6-5-7-10-16)22-15-17-11-8-12-18(23-17)24(2)3/h8-9,11-12H,4-7,10,13-15H2,1-3H3,(H2,20,21,22). The van der Waals surface area contributed by atoms with Gasteiger partial charge in [-0.15, -0.1) is 0 Å². The van der Waals surface area contributed by atoms with Crippen LogP contribution in [0, 0.1) is 0 Å². The molecular formula is C19H31N5. The highest BCUT2D eigenvalue weighted by Crippen LogP contribution is 2.19. The third-order valence-electron chi connectivity index (χ3n) is 4.12. The SMILES string of the molecule is CCNC(=NCc1cccc(N(C)C)n1)NCCC1=CCCCC1. The minimum atomic E-state index is 0.583. The molecule has 0 spiro atoms. The molecule has 24 heavy (non-hydrogen) atoms. The van der Waals surface area contributed by atoms with Crippen molar-refractivity contribution < 1.29 is 0 Å². The molecule has 1 aliphatic rings. The van der Waals surface area contributed by atoms with Crippen molar-refractivity contribution in [2.75, 3.05) is 32.1 Å². The molecule has 0 fully saturated rings. The van der Waals surface area contributed by atoms with Crippen molar-refractivity contribution in [3.8, 4) is 0 Å². The van der Waals surface area contributed by atoms with Gasteiger partial charge in [0.15, 0.2) is 5.96 Å². The van der Waals surface area contributed by atoms with Crippen molar-refractivity contribution in [2.24, 2.45) is 4.99 Å². The highest BCUT2D eigenvalue weighted by molar-refractivity contribution is 5.79. The number of hydrogen-bond acceptors (Lipinski definition) is 3. The molecule has 0 aliphatic heterocycles. The molecule has 1 aromatic heterocycles. The van der Waals surface area contributed by atoms with Gasteiger partial charge in [-0.25, -0.2) is 9.98 Å². The lowest BCUT2D eigenvalue weighted by molar-refractivity contribution is 0.665. The second-order valence-corrected chi connectivity index (χ2v) is 6.36. The number of allylic oxidation sites excluding steroid dienone is 1. The smallest absolute Gasteiger partial charge is 0.191 e. The Balaban J connectivity index is 1.87. The van der Waals surface area contributed by atoms with Crippen LogP contribution in [0.2, 0.25) is 0 Å². The van der Waals surface area contributed by atoms with E-state index in [9.17, 15) is 0 Å². The first kappa shape index (κ1) is 18.3. The number of hydrogen-bond donors (Lipinski definition) is 2. The molecule has 0 aromatic carbocycles. The van der Waals surface area contributed by atoms with E-state index in [1.54, 1.807) is 5.57 Å². The maximum absolute atomic E-state index is 4.66. The van der Waals surface area contributed by atoms with Crippen molar-refractivity contribution in [1.29, 1.82) is 0 Å². The van der Waals surface area contributed by atoms with Crippen LogP contribution < -0.4 is 15.5 Å². The molecule has 0 atom stereocenters. The number of aliphatic imine (C=N–C) groups is 1. The summed E-state index contributed by atoms with van der Waals surface area (Å²) in [7, 11) is 4.00. The van der Waals surface area contributed by atoms with Crippen molar-refractivity contribution in [2.45, 2.75) is 45.6 Å². The topological polar surface area (TPSA) is 52.6 Å². The largest absolute Gasteiger partial charge is 0.363 e. The van der Waals surface area contributed by atoms with Crippen LogP contribution in [0.15, 0.2) is 34.8 Å². The zero-order chi connectivity index (χ0) is 17.2. The number of aromatic nitrogens is 1. The Hall–Kier alpha value is -2.04. The molecule has 0 unspecified atom stereocenters. The average Bonchev–Trinajstić information content (AvgIpc) is 2.61. The lowest BCUT2D eigenvalue weighted by Crippen LogP contribution is -2.37. The summed E-state index contributed by atoms with van der Waals surface area (Å²) in [5.41, 5.74) is 2.57. The van der Waals surface area contributed by atoms with Gasteiger partial charge in [0, 0.05) is 27.2 Å². The van der Waals surface area contributed by atoms with Gasteiger partial charge in [-0.1, -0.05) is 17.7 Å². The van der Waals surface area contributed by atoms with E-state index in [4.69, 9.17) is 0 Å². The summed E-state index contributed by atoms with van der Waals surface area (Å²) in [5, 5.41) is 6.74. The summed E-state index contributed by atoms with van der Waals surface area (Å²) in [6.07, 6.45) is 8.71. The van der Waals surface area contributed by atoms with Gasteiger partial charge in [-0.05, 0) is 51.2 Å². The molecular weight excluding hydrogens is 298 g/mol. The summed E-state index contributed by atoms with van der Waals surface area (Å²) in [5.74, 6) is 1.83. The van der Waals surface area contributed by atoms with Crippen LogP contribution in [0.5, 0.6) is 0 Å². The maximum Gasteiger partial charge on any atom is 0.191 e. The van der Waals surface area contributed by atoms with Gasteiger partial charge in [0.25, 0.3) is 0 Å². The van der Waals surface area contributed by atoms with Gasteiger partial charge < -0.3 is 15.5 Å². The fraction of sp³-hybridized carbons (Fsp3) is 0.579. The minimum Gasteiger partial charge on any atom is -0.363 e. The quantitative estimate of drug-likeness (QED) is 0.458. The second-order valence-electron chi connectivity index (χ2n) is 6.36. The van der Waals surface area contributed by atoms with E-state index in [1.807, 2.05) is 37.2 Å². The van der Waals surface area contributed by atoms with E-state index >= 15 is 0 Å². The van der Waals surface area contributed by atoms with Crippen LogP contribution >= 0.6 is 0 Å². The molecule has 1 aromatic rings. The fourth-order valence-electron chi connectivity index (χ4n) is 2.78. The highest BCUT2D eigenvalue weighted by atomic mass is 15.2. The van der Waals surface area contributed by atoms with E-state index in [2.05, 4.69) is 33.6 Å². The molecule has 2 rings (SSSR count). The summed E-state index contributed by atoms with van der Waals surface area (Å²) < 4.78 is 0. The molecule has 2 N–H and O–H groups in total. The summed E-state index contributed by atoms with van der Waals surface area (Å²) in [4.78, 5) is 11.3. The van der Waals surface area contributed by atoms with Crippen molar-refractivity contribution in [1.82, 2.24) is 15.6 Å². The normalized spacial score (nSPS) is 15.0. The zero-order valence-electron chi connectivity index (χ0n) is 15.3. The highest BCUT2D eigenvalue weighted by Gasteiger charge is 2.04. The Bertz CT molecular complexity index is 563. The minimum absolute atomic E-state index is 0.583. The predicted octanol–water partition coefficient (Wildman–Crippen LogP) is 3.09. The van der Waals surface area contributed by atoms with Crippen LogP contribution in [0.1, 0.15) is 44.7 Å². The van der Waals surface area contributed by atoms with Crippen LogP contribution in [0.3, 0.4) is 0 Å². The molecule has 0 bridgehead atoms. The molecule has 1 heterocycles. The van der Waals surface area contributed by atoms with Crippen LogP contribution in [0.4, 0.5) is 5.82 Å². The summed E-state index contributed by atoms with van der Waals surface area (Å²) in [6.45, 7) is 4.47. The Morgan fingerprint density at radius 2 is 2.12 bits per heavy atom. The van der Waals surface area contributed by atoms with Gasteiger partial charge in [0.05, 0.1) is 12.2 Å². The third kappa shape index (κ3) is 6.22. The Morgan fingerprint density at radius 3 is 2.83 bits per heavy atom. The van der Waals surface area contributed by atoms with E-state index < -0.39 is 0 Å². The maximum atomic E-state index is 4.66. The van der Waals surface area contributed by atoms with Crippen LogP contribution in [0.25, 0.3) is 0 Å². The molecule has 0 amide bonds. The fourth-order valence-corrected chi connectivity index (χ4v) is 2.78.